The molecule has 3 N–H and O–H groups in total. The lowest BCUT2D eigenvalue weighted by molar-refractivity contribution is -0.156. The maximum atomic E-state index is 13.5. The SMILES string of the molecule is C[C@@H]1NCCN(C(N)=Nc2ccc3c(=O)n(C4CCc5ccccc54)cnc3c2)C1C1C[C@@H](C)[C@@H]2C[C@H]1C2(C)C. The number of benzene rings is 2. The molecule has 8 rings (SSSR count). The van der Waals surface area contributed by atoms with Gasteiger partial charge < -0.3 is 16.0 Å². The monoisotopic (exact) mass is 538 g/mol. The Hall–Kier alpha value is -3.19. The van der Waals surface area contributed by atoms with Gasteiger partial charge >= 0.3 is 0 Å². The van der Waals surface area contributed by atoms with Gasteiger partial charge in [0.25, 0.3) is 5.56 Å². The molecule has 0 radical (unpaired) electrons. The number of fused-ring (bicyclic) bond motifs is 4. The van der Waals surface area contributed by atoms with Gasteiger partial charge in [0.15, 0.2) is 5.96 Å². The summed E-state index contributed by atoms with van der Waals surface area (Å²) in [7, 11) is 0. The predicted octanol–water partition coefficient (Wildman–Crippen LogP) is 4.86. The van der Waals surface area contributed by atoms with Crippen molar-refractivity contribution in [3.63, 3.8) is 0 Å². The lowest BCUT2D eigenvalue weighted by Crippen LogP contribution is -2.68. The quantitative estimate of drug-likeness (QED) is 0.367. The first kappa shape index (κ1) is 25.8. The number of aromatic nitrogens is 2. The summed E-state index contributed by atoms with van der Waals surface area (Å²) < 4.78 is 1.80. The highest BCUT2D eigenvalue weighted by molar-refractivity contribution is 5.85. The zero-order valence-corrected chi connectivity index (χ0v) is 24.2. The molecule has 0 amide bonds. The van der Waals surface area contributed by atoms with Gasteiger partial charge in [0.2, 0.25) is 0 Å². The van der Waals surface area contributed by atoms with Gasteiger partial charge in [0.05, 0.1) is 29.0 Å². The van der Waals surface area contributed by atoms with E-state index in [0.717, 1.165) is 49.4 Å². The van der Waals surface area contributed by atoms with Crippen LogP contribution in [-0.4, -0.2) is 45.6 Å². The second-order valence-electron chi connectivity index (χ2n) is 13.5. The Kier molecular flexibility index (Phi) is 6.08. The van der Waals surface area contributed by atoms with Crippen molar-refractivity contribution in [3.05, 3.63) is 70.3 Å². The van der Waals surface area contributed by atoms with Gasteiger partial charge in [0, 0.05) is 25.2 Å². The molecule has 1 saturated heterocycles. The number of piperazine rings is 1. The van der Waals surface area contributed by atoms with Crippen molar-refractivity contribution in [2.24, 2.45) is 39.8 Å². The van der Waals surface area contributed by atoms with Crippen LogP contribution in [0.25, 0.3) is 10.9 Å². The molecule has 1 aromatic heterocycles. The number of hydrogen-bond donors (Lipinski definition) is 2. The molecule has 2 bridgehead atoms. The molecule has 7 atom stereocenters. The number of rotatable bonds is 3. The van der Waals surface area contributed by atoms with E-state index >= 15 is 0 Å². The third-order valence-corrected chi connectivity index (χ3v) is 11.1. The third kappa shape index (κ3) is 3.92. The number of nitrogens with two attached hydrogens (primary N) is 1. The standard InChI is InChI=1S/C33H42N6O/c1-19-15-25(27-17-26(19)33(27,3)4)30-20(2)35-13-14-38(30)32(34)37-22-10-11-24-28(16-22)36-18-39(31(24)40)29-12-9-21-7-5-6-8-23(21)29/h5-8,10-11,16,18-20,25-27,29-30,35H,9,12-15,17H2,1-4H3,(H2,34,37)/t19-,20+,25?,26+,27-,29?,30?/m1/s1. The van der Waals surface area contributed by atoms with Crippen LogP contribution in [0, 0.1) is 29.1 Å². The van der Waals surface area contributed by atoms with Crippen molar-refractivity contribution in [1.29, 1.82) is 0 Å². The molecule has 1 aliphatic heterocycles. The summed E-state index contributed by atoms with van der Waals surface area (Å²) in [4.78, 5) is 25.5. The Balaban J connectivity index is 1.18. The number of nitrogens with one attached hydrogen (secondary N) is 1. The zero-order valence-electron chi connectivity index (χ0n) is 24.2. The molecule has 5 aliphatic rings. The normalized spacial score (nSPS) is 33.0. The number of guanidine groups is 1. The fourth-order valence-electron chi connectivity index (χ4n) is 9.08. The van der Waals surface area contributed by atoms with Crippen molar-refractivity contribution < 1.29 is 0 Å². The van der Waals surface area contributed by atoms with E-state index in [2.05, 4.69) is 56.1 Å². The lowest BCUT2D eigenvalue weighted by Gasteiger charge is -2.65. The largest absolute Gasteiger partial charge is 0.369 e. The zero-order chi connectivity index (χ0) is 27.8. The van der Waals surface area contributed by atoms with Crippen LogP contribution < -0.4 is 16.6 Å². The molecule has 40 heavy (non-hydrogen) atoms. The molecule has 2 aromatic carbocycles. The van der Waals surface area contributed by atoms with Crippen LogP contribution >= 0.6 is 0 Å². The average molecular weight is 539 g/mol. The van der Waals surface area contributed by atoms with Crippen LogP contribution in [0.5, 0.6) is 0 Å². The van der Waals surface area contributed by atoms with Crippen molar-refractivity contribution in [2.45, 2.75) is 71.5 Å². The average Bonchev–Trinajstić information content (AvgIpc) is 3.36. The van der Waals surface area contributed by atoms with Gasteiger partial charge in [-0.25, -0.2) is 9.98 Å². The number of nitrogens with zero attached hydrogens (tertiary/aromatic N) is 4. The van der Waals surface area contributed by atoms with Crippen LogP contribution in [0.1, 0.15) is 64.1 Å². The Bertz CT molecular complexity index is 1540. The first-order valence-electron chi connectivity index (χ1n) is 15.2. The van der Waals surface area contributed by atoms with E-state index in [1.807, 2.05) is 24.3 Å². The molecule has 2 heterocycles. The maximum absolute atomic E-state index is 13.5. The van der Waals surface area contributed by atoms with Crippen molar-refractivity contribution in [2.75, 3.05) is 13.1 Å². The Morgan fingerprint density at radius 1 is 1.12 bits per heavy atom. The van der Waals surface area contributed by atoms with Gasteiger partial charge in [-0.15, -0.1) is 0 Å². The Morgan fingerprint density at radius 2 is 1.95 bits per heavy atom. The molecule has 7 nitrogen and oxygen atoms in total. The van der Waals surface area contributed by atoms with Crippen LogP contribution in [0.4, 0.5) is 5.69 Å². The molecular weight excluding hydrogens is 496 g/mol. The molecule has 3 aromatic rings. The first-order chi connectivity index (χ1) is 19.2. The van der Waals surface area contributed by atoms with Crippen LogP contribution in [0.2, 0.25) is 0 Å². The summed E-state index contributed by atoms with van der Waals surface area (Å²) >= 11 is 0. The van der Waals surface area contributed by atoms with Gasteiger partial charge in [-0.05, 0) is 91.0 Å². The topological polar surface area (TPSA) is 88.5 Å². The number of aryl methyl sites for hydroxylation is 1. The van der Waals surface area contributed by atoms with Crippen molar-refractivity contribution in [1.82, 2.24) is 19.8 Å². The minimum Gasteiger partial charge on any atom is -0.369 e. The summed E-state index contributed by atoms with van der Waals surface area (Å²) in [5, 5.41) is 4.35. The van der Waals surface area contributed by atoms with Crippen LogP contribution in [0.15, 0.2) is 58.6 Å². The van der Waals surface area contributed by atoms with Crippen LogP contribution in [0.3, 0.4) is 0 Å². The summed E-state index contributed by atoms with van der Waals surface area (Å²) in [5.74, 6) is 3.49. The van der Waals surface area contributed by atoms with E-state index in [9.17, 15) is 4.79 Å². The van der Waals surface area contributed by atoms with E-state index in [0.29, 0.717) is 40.3 Å². The van der Waals surface area contributed by atoms with E-state index in [-0.39, 0.29) is 11.6 Å². The summed E-state index contributed by atoms with van der Waals surface area (Å²) in [6.07, 6.45) is 6.22. The second-order valence-corrected chi connectivity index (χ2v) is 13.5. The second kappa shape index (κ2) is 9.44. The summed E-state index contributed by atoms with van der Waals surface area (Å²) in [5.41, 5.74) is 11.1. The molecule has 4 fully saturated rings. The predicted molar refractivity (Wildman–Crippen MR) is 161 cm³/mol. The maximum Gasteiger partial charge on any atom is 0.261 e. The first-order valence-corrected chi connectivity index (χ1v) is 15.2. The molecule has 210 valence electrons. The third-order valence-electron chi connectivity index (χ3n) is 11.1. The van der Waals surface area contributed by atoms with Crippen LogP contribution in [-0.2, 0) is 6.42 Å². The Morgan fingerprint density at radius 3 is 2.75 bits per heavy atom. The molecule has 4 aliphatic carbocycles. The molecule has 0 spiro atoms. The van der Waals surface area contributed by atoms with Crippen molar-refractivity contribution in [3.8, 4) is 0 Å². The minimum absolute atomic E-state index is 0.000894. The summed E-state index contributed by atoms with van der Waals surface area (Å²) in [6.45, 7) is 11.4. The van der Waals surface area contributed by atoms with E-state index < -0.39 is 0 Å². The highest BCUT2D eigenvalue weighted by Crippen LogP contribution is 2.64. The van der Waals surface area contributed by atoms with Crippen molar-refractivity contribution >= 4 is 22.5 Å². The van der Waals surface area contributed by atoms with E-state index in [1.165, 1.54) is 24.0 Å². The fraction of sp³-hybridized carbons (Fsp3) is 0.545. The molecule has 7 heteroatoms. The van der Waals surface area contributed by atoms with E-state index in [1.54, 1.807) is 10.9 Å². The molecule has 3 saturated carbocycles. The smallest absolute Gasteiger partial charge is 0.261 e. The minimum atomic E-state index is -0.000894. The van der Waals surface area contributed by atoms with Gasteiger partial charge in [0.1, 0.15) is 0 Å². The molecular formula is C33H42N6O. The number of aliphatic imine (C=N–C) groups is 1. The number of hydrogen-bond acceptors (Lipinski definition) is 4. The van der Waals surface area contributed by atoms with Gasteiger partial charge in [-0.2, -0.15) is 0 Å². The summed E-state index contributed by atoms with van der Waals surface area (Å²) in [6, 6.07) is 14.8. The Labute approximate surface area is 236 Å². The molecule has 3 unspecified atom stereocenters. The highest BCUT2D eigenvalue weighted by atomic mass is 16.1. The van der Waals surface area contributed by atoms with E-state index in [4.69, 9.17) is 15.7 Å². The fourth-order valence-corrected chi connectivity index (χ4v) is 9.08. The highest BCUT2D eigenvalue weighted by Gasteiger charge is 2.59. The van der Waals surface area contributed by atoms with Gasteiger partial charge in [-0.1, -0.05) is 45.0 Å². The lowest BCUT2D eigenvalue weighted by atomic mass is 9.41. The van der Waals surface area contributed by atoms with Gasteiger partial charge in [-0.3, -0.25) is 9.36 Å².